The highest BCUT2D eigenvalue weighted by molar-refractivity contribution is 5.90. The van der Waals surface area contributed by atoms with Crippen LogP contribution in [0.2, 0.25) is 0 Å². The quantitative estimate of drug-likeness (QED) is 0.311. The molecule has 0 radical (unpaired) electrons. The minimum Gasteiger partial charge on any atom is -0.488 e. The zero-order valence-electron chi connectivity index (χ0n) is 11.0. The fraction of sp³-hybridized carbons (Fsp3) is 0.714. The summed E-state index contributed by atoms with van der Waals surface area (Å²) in [4.78, 5) is 22.5. The Bertz CT molecular complexity index is 430. The number of carbonyl (C=O) groups is 2. The average molecular weight is 266 g/mol. The third kappa shape index (κ3) is 2.06. The Labute approximate surface area is 111 Å². The van der Waals surface area contributed by atoms with Crippen LogP contribution in [0.4, 0.5) is 0 Å². The summed E-state index contributed by atoms with van der Waals surface area (Å²) in [5.41, 5.74) is 0. The first-order chi connectivity index (χ1) is 9.08. The van der Waals surface area contributed by atoms with Gasteiger partial charge in [0.1, 0.15) is 12.7 Å². The van der Waals surface area contributed by atoms with Gasteiger partial charge in [-0.25, -0.2) is 0 Å². The van der Waals surface area contributed by atoms with Gasteiger partial charge in [0, 0.05) is 12.8 Å². The molecule has 1 aliphatic heterocycles. The number of hydrogen-bond donors (Lipinski definition) is 0. The van der Waals surface area contributed by atoms with Gasteiger partial charge in [0.25, 0.3) is 0 Å². The summed E-state index contributed by atoms with van der Waals surface area (Å²) in [6.45, 7) is 5.62. The molecule has 3 fully saturated rings. The topological polar surface area (TPSA) is 61.8 Å². The minimum atomic E-state index is -0.174. The Kier molecular flexibility index (Phi) is 3.09. The molecule has 5 unspecified atom stereocenters. The van der Waals surface area contributed by atoms with E-state index in [9.17, 15) is 9.59 Å². The van der Waals surface area contributed by atoms with Gasteiger partial charge in [-0.2, -0.15) is 0 Å². The van der Waals surface area contributed by atoms with Crippen molar-refractivity contribution in [2.24, 2.45) is 17.8 Å². The Hall–Kier alpha value is -1.36. The summed E-state index contributed by atoms with van der Waals surface area (Å²) in [5.74, 6) is 0.836. The standard InChI is InChI=1S/C14H18O5/c1-7(15)8(2)17-3-4-18-12-9-5-10-11(6-9)14(16)19-13(10)12/h9-13H,2-6H2,1H3. The lowest BCUT2D eigenvalue weighted by Crippen LogP contribution is -2.35. The molecule has 1 heterocycles. The molecular weight excluding hydrogens is 248 g/mol. The van der Waals surface area contributed by atoms with Crippen LogP contribution in [-0.2, 0) is 23.8 Å². The van der Waals surface area contributed by atoms with Gasteiger partial charge in [-0.05, 0) is 18.8 Å². The highest BCUT2D eigenvalue weighted by Gasteiger charge is 2.62. The number of carbonyl (C=O) groups excluding carboxylic acids is 2. The Morgan fingerprint density at radius 2 is 2.21 bits per heavy atom. The number of Topliss-reactive ketones (excluding diaryl/α,β-unsaturated/α-hetero) is 1. The van der Waals surface area contributed by atoms with E-state index < -0.39 is 0 Å². The molecule has 104 valence electrons. The van der Waals surface area contributed by atoms with Gasteiger partial charge in [-0.15, -0.1) is 0 Å². The van der Waals surface area contributed by atoms with E-state index in [0.717, 1.165) is 12.8 Å². The minimum absolute atomic E-state index is 0.00175. The van der Waals surface area contributed by atoms with Crippen molar-refractivity contribution in [3.8, 4) is 0 Å². The third-order valence-corrected chi connectivity index (χ3v) is 4.48. The van der Waals surface area contributed by atoms with Crippen LogP contribution in [0.1, 0.15) is 19.8 Å². The maximum atomic E-state index is 11.6. The number of rotatable bonds is 6. The lowest BCUT2D eigenvalue weighted by Gasteiger charge is -2.25. The van der Waals surface area contributed by atoms with Crippen LogP contribution in [0, 0.1) is 17.8 Å². The number of esters is 1. The van der Waals surface area contributed by atoms with Crippen molar-refractivity contribution < 1.29 is 23.8 Å². The molecule has 2 aliphatic carbocycles. The molecule has 5 atom stereocenters. The van der Waals surface area contributed by atoms with Crippen LogP contribution in [0.25, 0.3) is 0 Å². The first kappa shape index (κ1) is 12.7. The van der Waals surface area contributed by atoms with Gasteiger partial charge in [0.15, 0.2) is 11.5 Å². The average Bonchev–Trinajstić information content (AvgIpc) is 2.97. The fourth-order valence-electron chi connectivity index (χ4n) is 3.58. The Morgan fingerprint density at radius 3 is 2.95 bits per heavy atom. The zero-order valence-corrected chi connectivity index (χ0v) is 11.0. The second-order valence-electron chi connectivity index (χ2n) is 5.57. The molecule has 0 spiro atoms. The largest absolute Gasteiger partial charge is 0.488 e. The van der Waals surface area contributed by atoms with Gasteiger partial charge in [0.05, 0.1) is 18.6 Å². The monoisotopic (exact) mass is 266 g/mol. The second kappa shape index (κ2) is 4.63. The summed E-state index contributed by atoms with van der Waals surface area (Å²) in [6, 6.07) is 0. The van der Waals surface area contributed by atoms with Gasteiger partial charge >= 0.3 is 5.97 Å². The molecule has 0 N–H and O–H groups in total. The number of ketones is 1. The predicted molar refractivity (Wildman–Crippen MR) is 65.1 cm³/mol. The van der Waals surface area contributed by atoms with E-state index >= 15 is 0 Å². The fourth-order valence-corrected chi connectivity index (χ4v) is 3.58. The SMILES string of the molecule is C=C(OCCOC1C2CC3C(=O)OC1C3C2)C(C)=O. The molecule has 19 heavy (non-hydrogen) atoms. The smallest absolute Gasteiger partial charge is 0.309 e. The zero-order chi connectivity index (χ0) is 13.6. The summed E-state index contributed by atoms with van der Waals surface area (Å²) in [6.07, 6.45) is 1.87. The van der Waals surface area contributed by atoms with Gasteiger partial charge in [-0.3, -0.25) is 9.59 Å². The number of allylic oxidation sites excluding steroid dienone is 1. The molecule has 0 aromatic rings. The van der Waals surface area contributed by atoms with Crippen molar-refractivity contribution in [3.63, 3.8) is 0 Å². The predicted octanol–water partition coefficient (Wildman–Crippen LogP) is 1.07. The molecule has 5 heteroatoms. The van der Waals surface area contributed by atoms with Crippen LogP contribution in [0.5, 0.6) is 0 Å². The summed E-state index contributed by atoms with van der Waals surface area (Å²) >= 11 is 0. The van der Waals surface area contributed by atoms with Crippen LogP contribution in [-0.4, -0.2) is 37.2 Å². The van der Waals surface area contributed by atoms with E-state index in [-0.39, 0.29) is 35.6 Å². The highest BCUT2D eigenvalue weighted by Crippen LogP contribution is 2.55. The molecular formula is C14H18O5. The van der Waals surface area contributed by atoms with E-state index in [4.69, 9.17) is 14.2 Å². The molecule has 2 saturated carbocycles. The van der Waals surface area contributed by atoms with Gasteiger partial charge in [-0.1, -0.05) is 6.58 Å². The molecule has 1 saturated heterocycles. The van der Waals surface area contributed by atoms with E-state index in [1.807, 2.05) is 0 Å². The summed E-state index contributed by atoms with van der Waals surface area (Å²) in [5, 5.41) is 0. The van der Waals surface area contributed by atoms with Crippen molar-refractivity contribution in [1.82, 2.24) is 0 Å². The van der Waals surface area contributed by atoms with Crippen molar-refractivity contribution in [1.29, 1.82) is 0 Å². The number of hydrogen-bond acceptors (Lipinski definition) is 5. The maximum absolute atomic E-state index is 11.6. The number of ether oxygens (including phenoxy) is 3. The van der Waals surface area contributed by atoms with Gasteiger partial charge in [0.2, 0.25) is 0 Å². The lowest BCUT2D eigenvalue weighted by molar-refractivity contribution is -0.147. The Morgan fingerprint density at radius 1 is 1.42 bits per heavy atom. The molecule has 0 amide bonds. The van der Waals surface area contributed by atoms with Gasteiger partial charge < -0.3 is 14.2 Å². The molecule has 2 bridgehead atoms. The first-order valence-electron chi connectivity index (χ1n) is 6.72. The summed E-state index contributed by atoms with van der Waals surface area (Å²) in [7, 11) is 0. The van der Waals surface area contributed by atoms with E-state index in [1.165, 1.54) is 6.92 Å². The highest BCUT2D eigenvalue weighted by atomic mass is 16.6. The first-order valence-corrected chi connectivity index (χ1v) is 6.72. The van der Waals surface area contributed by atoms with Crippen LogP contribution in [0.3, 0.4) is 0 Å². The van der Waals surface area contributed by atoms with Crippen LogP contribution < -0.4 is 0 Å². The maximum Gasteiger partial charge on any atom is 0.309 e. The molecule has 0 aromatic carbocycles. The van der Waals surface area contributed by atoms with Crippen LogP contribution in [0.15, 0.2) is 12.3 Å². The second-order valence-corrected chi connectivity index (χ2v) is 5.57. The molecule has 5 nitrogen and oxygen atoms in total. The van der Waals surface area contributed by atoms with Crippen molar-refractivity contribution in [2.75, 3.05) is 13.2 Å². The van der Waals surface area contributed by atoms with Crippen molar-refractivity contribution in [2.45, 2.75) is 32.0 Å². The van der Waals surface area contributed by atoms with E-state index in [1.54, 1.807) is 0 Å². The van der Waals surface area contributed by atoms with Crippen molar-refractivity contribution in [3.05, 3.63) is 12.3 Å². The molecule has 0 aromatic heterocycles. The normalized spacial score (nSPS) is 38.4. The summed E-state index contributed by atoms with van der Waals surface area (Å²) < 4.78 is 16.3. The van der Waals surface area contributed by atoms with Crippen molar-refractivity contribution >= 4 is 11.8 Å². The third-order valence-electron chi connectivity index (χ3n) is 4.48. The molecule has 3 aliphatic rings. The lowest BCUT2D eigenvalue weighted by atomic mass is 9.88. The van der Waals surface area contributed by atoms with Crippen LogP contribution >= 0.6 is 0 Å². The molecule has 3 rings (SSSR count). The van der Waals surface area contributed by atoms with E-state index in [0.29, 0.717) is 25.0 Å². The Balaban J connectivity index is 1.46. The number of fused-ring (bicyclic) bond motifs is 1. The van der Waals surface area contributed by atoms with E-state index in [2.05, 4.69) is 6.58 Å².